The lowest BCUT2D eigenvalue weighted by Crippen LogP contribution is -2.08. The summed E-state index contributed by atoms with van der Waals surface area (Å²) in [6.07, 6.45) is 23.3. The summed E-state index contributed by atoms with van der Waals surface area (Å²) in [6, 6.07) is 0. The zero-order valence-corrected chi connectivity index (χ0v) is 21.8. The molecule has 0 fully saturated rings. The first-order valence-corrected chi connectivity index (χ1v) is 13.9. The quantitative estimate of drug-likeness (QED) is 0.108. The second kappa shape index (κ2) is 24.6. The molecule has 190 valence electrons. The predicted octanol–water partition coefficient (Wildman–Crippen LogP) is 8.55. The van der Waals surface area contributed by atoms with Gasteiger partial charge in [0, 0.05) is 12.8 Å². The molecule has 4 nitrogen and oxygen atoms in total. The van der Waals surface area contributed by atoms with Gasteiger partial charge in [-0.2, -0.15) is 0 Å². The van der Waals surface area contributed by atoms with Crippen LogP contribution in [-0.2, 0) is 19.1 Å². The topological polar surface area (TPSA) is 52.6 Å². The van der Waals surface area contributed by atoms with E-state index in [1.807, 2.05) is 13.8 Å². The van der Waals surface area contributed by atoms with E-state index in [1.54, 1.807) is 0 Å². The van der Waals surface area contributed by atoms with Crippen molar-refractivity contribution in [1.82, 2.24) is 0 Å². The summed E-state index contributed by atoms with van der Waals surface area (Å²) in [6.45, 7) is 7.43. The highest BCUT2D eigenvalue weighted by molar-refractivity contribution is 5.69. The fraction of sp³-hybridized carbons (Fsp3) is 0.929. The highest BCUT2D eigenvalue weighted by Crippen LogP contribution is 2.20. The molecule has 0 bridgehead atoms. The number of esters is 2. The average molecular weight is 455 g/mol. The number of ether oxygens (including phenoxy) is 2. The minimum Gasteiger partial charge on any atom is -0.466 e. The highest BCUT2D eigenvalue weighted by Gasteiger charge is 2.10. The van der Waals surface area contributed by atoms with Gasteiger partial charge in [0.15, 0.2) is 0 Å². The Morgan fingerprint density at radius 3 is 1.38 bits per heavy atom. The van der Waals surface area contributed by atoms with Crippen molar-refractivity contribution in [3.05, 3.63) is 0 Å². The molecule has 0 saturated carbocycles. The van der Waals surface area contributed by atoms with Crippen LogP contribution in [0.3, 0.4) is 0 Å². The third-order valence-electron chi connectivity index (χ3n) is 6.26. The van der Waals surface area contributed by atoms with Crippen LogP contribution >= 0.6 is 0 Å². The highest BCUT2D eigenvalue weighted by atomic mass is 16.5. The van der Waals surface area contributed by atoms with Gasteiger partial charge in [-0.3, -0.25) is 9.59 Å². The summed E-state index contributed by atoms with van der Waals surface area (Å²) >= 11 is 0. The second-order valence-electron chi connectivity index (χ2n) is 9.39. The van der Waals surface area contributed by atoms with Crippen LogP contribution in [0.4, 0.5) is 0 Å². The minimum absolute atomic E-state index is 0.0188. The number of carbonyl (C=O) groups is 2. The molecule has 0 spiro atoms. The Kier molecular flexibility index (Phi) is 23.8. The molecule has 0 aliphatic heterocycles. The van der Waals surface area contributed by atoms with Crippen LogP contribution in [0.1, 0.15) is 149 Å². The molecule has 0 N–H and O–H groups in total. The van der Waals surface area contributed by atoms with Crippen LogP contribution in [0.2, 0.25) is 0 Å². The van der Waals surface area contributed by atoms with E-state index in [9.17, 15) is 9.59 Å². The Morgan fingerprint density at radius 2 is 0.938 bits per heavy atom. The average Bonchev–Trinajstić information content (AvgIpc) is 2.80. The minimum atomic E-state index is -0.0265. The molecule has 32 heavy (non-hydrogen) atoms. The van der Waals surface area contributed by atoms with Crippen molar-refractivity contribution in [2.24, 2.45) is 5.92 Å². The third-order valence-corrected chi connectivity index (χ3v) is 6.26. The van der Waals surface area contributed by atoms with Crippen LogP contribution in [0.5, 0.6) is 0 Å². The van der Waals surface area contributed by atoms with Crippen LogP contribution in [0.15, 0.2) is 0 Å². The molecule has 0 heterocycles. The van der Waals surface area contributed by atoms with E-state index in [0.717, 1.165) is 32.1 Å². The normalized spacial score (nSPS) is 12.0. The molecule has 0 aliphatic carbocycles. The molecule has 0 radical (unpaired) electrons. The van der Waals surface area contributed by atoms with Gasteiger partial charge in [0.05, 0.1) is 13.2 Å². The molecule has 0 aromatic heterocycles. The van der Waals surface area contributed by atoms with Gasteiger partial charge in [0.1, 0.15) is 0 Å². The first kappa shape index (κ1) is 30.9. The summed E-state index contributed by atoms with van der Waals surface area (Å²) in [7, 11) is 0. The van der Waals surface area contributed by atoms with E-state index in [0.29, 0.717) is 32.0 Å². The Hall–Kier alpha value is -1.06. The van der Waals surface area contributed by atoms with Crippen LogP contribution in [0.25, 0.3) is 0 Å². The standard InChI is InChI=1S/C28H54O4/c1-4-24-31-27(29)21-19-17-15-13-11-9-7-8-10-12-14-16-18-20-26(6-3)22-23-28(30)32-25-5-2/h26H,4-25H2,1-3H3. The van der Waals surface area contributed by atoms with Crippen LogP contribution in [0, 0.1) is 5.92 Å². The van der Waals surface area contributed by atoms with E-state index in [4.69, 9.17) is 9.47 Å². The fourth-order valence-corrected chi connectivity index (χ4v) is 4.10. The summed E-state index contributed by atoms with van der Waals surface area (Å²) in [5.41, 5.74) is 0. The van der Waals surface area contributed by atoms with E-state index >= 15 is 0 Å². The van der Waals surface area contributed by atoms with Gasteiger partial charge in [-0.05, 0) is 31.6 Å². The van der Waals surface area contributed by atoms with Crippen LogP contribution in [-0.4, -0.2) is 25.2 Å². The maximum atomic E-state index is 11.6. The van der Waals surface area contributed by atoms with Gasteiger partial charge in [-0.1, -0.05) is 111 Å². The Balaban J connectivity index is 3.33. The number of hydrogen-bond acceptors (Lipinski definition) is 4. The first-order valence-electron chi connectivity index (χ1n) is 13.9. The molecule has 1 atom stereocenters. The number of carbonyl (C=O) groups excluding carboxylic acids is 2. The van der Waals surface area contributed by atoms with E-state index in [2.05, 4.69) is 6.92 Å². The molecule has 0 saturated heterocycles. The zero-order chi connectivity index (χ0) is 23.7. The molecule has 1 unspecified atom stereocenters. The summed E-state index contributed by atoms with van der Waals surface area (Å²) in [4.78, 5) is 23.0. The summed E-state index contributed by atoms with van der Waals surface area (Å²) in [5, 5.41) is 0. The lowest BCUT2D eigenvalue weighted by atomic mass is 9.93. The summed E-state index contributed by atoms with van der Waals surface area (Å²) in [5.74, 6) is 0.634. The van der Waals surface area contributed by atoms with E-state index < -0.39 is 0 Å². The predicted molar refractivity (Wildman–Crippen MR) is 135 cm³/mol. The summed E-state index contributed by atoms with van der Waals surface area (Å²) < 4.78 is 10.3. The molecule has 0 amide bonds. The van der Waals surface area contributed by atoms with Crippen LogP contribution < -0.4 is 0 Å². The first-order chi connectivity index (χ1) is 15.6. The second-order valence-corrected chi connectivity index (χ2v) is 9.39. The Morgan fingerprint density at radius 1 is 0.531 bits per heavy atom. The number of unbranched alkanes of at least 4 members (excludes halogenated alkanes) is 12. The molecule has 0 aromatic rings. The molecule has 0 aromatic carbocycles. The van der Waals surface area contributed by atoms with Crippen molar-refractivity contribution in [1.29, 1.82) is 0 Å². The molecular formula is C28H54O4. The smallest absolute Gasteiger partial charge is 0.305 e. The lowest BCUT2D eigenvalue weighted by molar-refractivity contribution is -0.144. The maximum Gasteiger partial charge on any atom is 0.305 e. The zero-order valence-electron chi connectivity index (χ0n) is 21.8. The van der Waals surface area contributed by atoms with Crippen molar-refractivity contribution in [2.45, 2.75) is 149 Å². The van der Waals surface area contributed by atoms with E-state index in [-0.39, 0.29) is 11.9 Å². The van der Waals surface area contributed by atoms with Gasteiger partial charge in [0.2, 0.25) is 0 Å². The fourth-order valence-electron chi connectivity index (χ4n) is 4.10. The molecule has 0 aliphatic rings. The molecule has 4 heteroatoms. The number of hydrogen-bond donors (Lipinski definition) is 0. The van der Waals surface area contributed by atoms with Gasteiger partial charge >= 0.3 is 11.9 Å². The van der Waals surface area contributed by atoms with Gasteiger partial charge < -0.3 is 9.47 Å². The maximum absolute atomic E-state index is 11.6. The molecular weight excluding hydrogens is 400 g/mol. The number of rotatable bonds is 24. The SMILES string of the molecule is CCCOC(=O)CCCCCCCCCCCCCCCC(CC)CCC(=O)OCCC. The van der Waals surface area contributed by atoms with E-state index in [1.165, 1.54) is 83.5 Å². The largest absolute Gasteiger partial charge is 0.466 e. The molecule has 0 rings (SSSR count). The van der Waals surface area contributed by atoms with Gasteiger partial charge in [-0.15, -0.1) is 0 Å². The van der Waals surface area contributed by atoms with Crippen molar-refractivity contribution in [2.75, 3.05) is 13.2 Å². The monoisotopic (exact) mass is 454 g/mol. The van der Waals surface area contributed by atoms with Crippen molar-refractivity contribution >= 4 is 11.9 Å². The van der Waals surface area contributed by atoms with Gasteiger partial charge in [-0.25, -0.2) is 0 Å². The Bertz CT molecular complexity index is 422. The van der Waals surface area contributed by atoms with Crippen molar-refractivity contribution in [3.63, 3.8) is 0 Å². The van der Waals surface area contributed by atoms with Gasteiger partial charge in [0.25, 0.3) is 0 Å². The van der Waals surface area contributed by atoms with Crippen molar-refractivity contribution in [3.8, 4) is 0 Å². The third kappa shape index (κ3) is 22.1. The van der Waals surface area contributed by atoms with Crippen molar-refractivity contribution < 1.29 is 19.1 Å². The lowest BCUT2D eigenvalue weighted by Gasteiger charge is -2.14. The Labute approximate surface area is 199 Å².